The van der Waals surface area contributed by atoms with Crippen LogP contribution in [-0.4, -0.2) is 44.0 Å². The summed E-state index contributed by atoms with van der Waals surface area (Å²) in [6.45, 7) is 1.90. The molecule has 0 radical (unpaired) electrons. The Kier molecular flexibility index (Phi) is 7.33. The van der Waals surface area contributed by atoms with Gasteiger partial charge in [-0.15, -0.1) is 0 Å². The summed E-state index contributed by atoms with van der Waals surface area (Å²) >= 11 is 0. The lowest BCUT2D eigenvalue weighted by Gasteiger charge is -2.31. The van der Waals surface area contributed by atoms with Crippen LogP contribution in [0.5, 0.6) is 0 Å². The van der Waals surface area contributed by atoms with E-state index in [0.717, 1.165) is 49.4 Å². The molecule has 1 fully saturated rings. The summed E-state index contributed by atoms with van der Waals surface area (Å²) < 4.78 is 5.41. The van der Waals surface area contributed by atoms with Gasteiger partial charge in [-0.05, 0) is 30.5 Å². The normalized spacial score (nSPS) is 15.9. The minimum absolute atomic E-state index is 0.209. The SMILES string of the molecule is CN(C)C(=O)C1(CNC(=NCc2ccccc2)NCCc2ccco2)CCCC1. The van der Waals surface area contributed by atoms with E-state index in [2.05, 4.69) is 22.8 Å². The van der Waals surface area contributed by atoms with Gasteiger partial charge < -0.3 is 20.0 Å². The van der Waals surface area contributed by atoms with Crippen molar-refractivity contribution in [3.05, 3.63) is 60.1 Å². The Morgan fingerprint density at radius 1 is 1.10 bits per heavy atom. The first-order valence-corrected chi connectivity index (χ1v) is 10.4. The zero-order valence-electron chi connectivity index (χ0n) is 17.5. The van der Waals surface area contributed by atoms with Gasteiger partial charge >= 0.3 is 0 Å². The highest BCUT2D eigenvalue weighted by molar-refractivity contribution is 5.85. The van der Waals surface area contributed by atoms with Crippen molar-refractivity contribution >= 4 is 11.9 Å². The Morgan fingerprint density at radius 3 is 2.52 bits per heavy atom. The van der Waals surface area contributed by atoms with Crippen molar-refractivity contribution in [2.75, 3.05) is 27.2 Å². The second-order valence-electron chi connectivity index (χ2n) is 7.95. The number of rotatable bonds is 8. The number of carbonyl (C=O) groups excluding carboxylic acids is 1. The summed E-state index contributed by atoms with van der Waals surface area (Å²) in [5, 5.41) is 6.84. The van der Waals surface area contributed by atoms with E-state index in [0.29, 0.717) is 19.6 Å². The van der Waals surface area contributed by atoms with Crippen molar-refractivity contribution in [1.82, 2.24) is 15.5 Å². The molecule has 2 aromatic rings. The van der Waals surface area contributed by atoms with Gasteiger partial charge in [0.15, 0.2) is 5.96 Å². The second kappa shape index (κ2) is 10.1. The number of hydrogen-bond acceptors (Lipinski definition) is 3. The van der Waals surface area contributed by atoms with Gasteiger partial charge in [0.2, 0.25) is 5.91 Å². The first-order valence-electron chi connectivity index (χ1n) is 10.4. The maximum Gasteiger partial charge on any atom is 0.230 e. The average molecular weight is 397 g/mol. The smallest absolute Gasteiger partial charge is 0.230 e. The van der Waals surface area contributed by atoms with Crippen molar-refractivity contribution in [1.29, 1.82) is 0 Å². The third-order valence-corrected chi connectivity index (χ3v) is 5.52. The lowest BCUT2D eigenvalue weighted by atomic mass is 9.84. The molecule has 2 N–H and O–H groups in total. The molecular weight excluding hydrogens is 364 g/mol. The van der Waals surface area contributed by atoms with Crippen LogP contribution in [-0.2, 0) is 17.8 Å². The first kappa shape index (κ1) is 21.0. The summed E-state index contributed by atoms with van der Waals surface area (Å²) in [6.07, 6.45) is 6.52. The van der Waals surface area contributed by atoms with Crippen LogP contribution in [0.25, 0.3) is 0 Å². The molecule has 0 aliphatic heterocycles. The predicted molar refractivity (Wildman–Crippen MR) is 116 cm³/mol. The van der Waals surface area contributed by atoms with Gasteiger partial charge in [-0.3, -0.25) is 4.79 Å². The van der Waals surface area contributed by atoms with Gasteiger partial charge in [-0.2, -0.15) is 0 Å². The number of nitrogens with one attached hydrogen (secondary N) is 2. The molecule has 1 aromatic heterocycles. The molecule has 0 spiro atoms. The molecule has 3 rings (SSSR count). The Hall–Kier alpha value is -2.76. The Bertz CT molecular complexity index is 778. The van der Waals surface area contributed by atoms with Gasteiger partial charge in [0.1, 0.15) is 5.76 Å². The number of hydrogen-bond donors (Lipinski definition) is 2. The van der Waals surface area contributed by atoms with E-state index in [4.69, 9.17) is 9.41 Å². The molecule has 156 valence electrons. The second-order valence-corrected chi connectivity index (χ2v) is 7.95. The summed E-state index contributed by atoms with van der Waals surface area (Å²) in [5.74, 6) is 1.88. The lowest BCUT2D eigenvalue weighted by Crippen LogP contribution is -2.49. The molecule has 1 aromatic carbocycles. The largest absolute Gasteiger partial charge is 0.469 e. The average Bonchev–Trinajstić information content (AvgIpc) is 3.42. The maximum atomic E-state index is 12.8. The first-order chi connectivity index (χ1) is 14.1. The fourth-order valence-corrected chi connectivity index (χ4v) is 3.93. The van der Waals surface area contributed by atoms with Crippen LogP contribution >= 0.6 is 0 Å². The zero-order chi connectivity index (χ0) is 20.5. The van der Waals surface area contributed by atoms with Gasteiger partial charge in [-0.25, -0.2) is 4.99 Å². The van der Waals surface area contributed by atoms with Crippen LogP contribution < -0.4 is 10.6 Å². The fourth-order valence-electron chi connectivity index (χ4n) is 3.93. The van der Waals surface area contributed by atoms with E-state index in [1.165, 1.54) is 0 Å². The molecule has 1 saturated carbocycles. The third-order valence-electron chi connectivity index (χ3n) is 5.52. The van der Waals surface area contributed by atoms with Crippen LogP contribution in [0.1, 0.15) is 37.0 Å². The molecule has 1 aliphatic rings. The molecule has 0 bridgehead atoms. The van der Waals surface area contributed by atoms with Crippen molar-refractivity contribution < 1.29 is 9.21 Å². The Labute approximate surface area is 173 Å². The summed E-state index contributed by atoms with van der Waals surface area (Å²) in [6, 6.07) is 14.0. The molecule has 0 atom stereocenters. The van der Waals surface area contributed by atoms with Crippen molar-refractivity contribution in [3.8, 4) is 0 Å². The fraction of sp³-hybridized carbons (Fsp3) is 0.478. The Morgan fingerprint density at radius 2 is 1.86 bits per heavy atom. The van der Waals surface area contributed by atoms with E-state index in [9.17, 15) is 4.79 Å². The van der Waals surface area contributed by atoms with Crippen LogP contribution in [0.4, 0.5) is 0 Å². The molecule has 0 unspecified atom stereocenters. The van der Waals surface area contributed by atoms with Crippen molar-refractivity contribution in [2.24, 2.45) is 10.4 Å². The molecule has 1 amide bonds. The van der Waals surface area contributed by atoms with Crippen molar-refractivity contribution in [3.63, 3.8) is 0 Å². The zero-order valence-corrected chi connectivity index (χ0v) is 17.5. The maximum absolute atomic E-state index is 12.8. The van der Waals surface area contributed by atoms with Gasteiger partial charge in [0.25, 0.3) is 0 Å². The van der Waals surface area contributed by atoms with Gasteiger partial charge in [0.05, 0.1) is 18.2 Å². The van der Waals surface area contributed by atoms with E-state index >= 15 is 0 Å². The van der Waals surface area contributed by atoms with E-state index < -0.39 is 0 Å². The summed E-state index contributed by atoms with van der Waals surface area (Å²) in [4.78, 5) is 19.3. The van der Waals surface area contributed by atoms with Gasteiger partial charge in [-0.1, -0.05) is 43.2 Å². The summed E-state index contributed by atoms with van der Waals surface area (Å²) in [5.41, 5.74) is 0.819. The number of guanidine groups is 1. The number of amides is 1. The van der Waals surface area contributed by atoms with Crippen LogP contribution in [0.15, 0.2) is 58.1 Å². The molecule has 1 aliphatic carbocycles. The van der Waals surface area contributed by atoms with Crippen LogP contribution in [0.3, 0.4) is 0 Å². The van der Waals surface area contributed by atoms with E-state index in [-0.39, 0.29) is 11.3 Å². The minimum Gasteiger partial charge on any atom is -0.469 e. The predicted octanol–water partition coefficient (Wildman–Crippen LogP) is 3.21. The highest BCUT2D eigenvalue weighted by Gasteiger charge is 2.42. The Balaban J connectivity index is 1.65. The number of benzene rings is 1. The van der Waals surface area contributed by atoms with E-state index in [1.54, 1.807) is 11.2 Å². The van der Waals surface area contributed by atoms with Crippen molar-refractivity contribution in [2.45, 2.75) is 38.6 Å². The standard InChI is InChI=1S/C23H32N4O2/c1-27(2)21(28)23(13-6-7-14-23)18-26-22(24-15-12-20-11-8-16-29-20)25-17-19-9-4-3-5-10-19/h3-5,8-11,16H,6-7,12-15,17-18H2,1-2H3,(H2,24,25,26). The topological polar surface area (TPSA) is 69.9 Å². The quantitative estimate of drug-likeness (QED) is 0.531. The van der Waals surface area contributed by atoms with Gasteiger partial charge in [0, 0.05) is 33.6 Å². The van der Waals surface area contributed by atoms with Crippen LogP contribution in [0.2, 0.25) is 0 Å². The highest BCUT2D eigenvalue weighted by Crippen LogP contribution is 2.38. The monoisotopic (exact) mass is 396 g/mol. The molecule has 6 heteroatoms. The summed E-state index contributed by atoms with van der Waals surface area (Å²) in [7, 11) is 3.68. The molecule has 6 nitrogen and oxygen atoms in total. The number of nitrogens with zero attached hydrogens (tertiary/aromatic N) is 2. The lowest BCUT2D eigenvalue weighted by molar-refractivity contribution is -0.138. The molecule has 29 heavy (non-hydrogen) atoms. The number of furan rings is 1. The molecular formula is C23H32N4O2. The number of carbonyl (C=O) groups is 1. The van der Waals surface area contributed by atoms with E-state index in [1.807, 2.05) is 44.4 Å². The highest BCUT2D eigenvalue weighted by atomic mass is 16.3. The third kappa shape index (κ3) is 5.86. The molecule has 1 heterocycles. The molecule has 0 saturated heterocycles. The minimum atomic E-state index is -0.334. The number of aliphatic imine (C=N–C) groups is 1. The van der Waals surface area contributed by atoms with Crippen LogP contribution in [0, 0.1) is 5.41 Å².